The van der Waals surface area contributed by atoms with Gasteiger partial charge in [0.1, 0.15) is 11.6 Å². The van der Waals surface area contributed by atoms with Crippen molar-refractivity contribution >= 4 is 11.6 Å². The van der Waals surface area contributed by atoms with Crippen molar-refractivity contribution in [2.75, 3.05) is 23.7 Å². The zero-order chi connectivity index (χ0) is 15.7. The van der Waals surface area contributed by atoms with E-state index in [4.69, 9.17) is 0 Å². The van der Waals surface area contributed by atoms with Gasteiger partial charge < -0.3 is 10.6 Å². The van der Waals surface area contributed by atoms with Crippen LogP contribution in [0.2, 0.25) is 0 Å². The second-order valence-corrected chi connectivity index (χ2v) is 6.16. The maximum atomic E-state index is 12.8. The molecule has 2 N–H and O–H groups in total. The molecule has 0 spiro atoms. The Balaban J connectivity index is 2.11. The van der Waals surface area contributed by atoms with Gasteiger partial charge in [-0.25, -0.2) is 9.97 Å². The molecule has 1 fully saturated rings. The molecular weight excluding hydrogens is 281 g/mol. The summed E-state index contributed by atoms with van der Waals surface area (Å²) in [7, 11) is 0. The highest BCUT2D eigenvalue weighted by Crippen LogP contribution is 2.51. The number of hydrogen-bond acceptors (Lipinski definition) is 4. The monoisotopic (exact) mass is 302 g/mol. The van der Waals surface area contributed by atoms with E-state index in [2.05, 4.69) is 34.4 Å². The van der Waals surface area contributed by atoms with E-state index in [9.17, 15) is 13.2 Å². The molecule has 2 rings (SSSR count). The largest absolute Gasteiger partial charge is 0.451 e. The Kier molecular flexibility index (Phi) is 4.30. The molecule has 21 heavy (non-hydrogen) atoms. The third-order valence-electron chi connectivity index (χ3n) is 3.78. The van der Waals surface area contributed by atoms with Gasteiger partial charge in [-0.05, 0) is 24.2 Å². The summed E-state index contributed by atoms with van der Waals surface area (Å²) in [6.45, 7) is 7.44. The van der Waals surface area contributed by atoms with Gasteiger partial charge in [0.2, 0.25) is 5.82 Å². The smallest absolute Gasteiger partial charge is 0.370 e. The maximum Gasteiger partial charge on any atom is 0.451 e. The van der Waals surface area contributed by atoms with Crippen LogP contribution in [0.25, 0.3) is 0 Å². The minimum Gasteiger partial charge on any atom is -0.370 e. The first kappa shape index (κ1) is 15.9. The first-order valence-electron chi connectivity index (χ1n) is 7.16. The quantitative estimate of drug-likeness (QED) is 0.839. The van der Waals surface area contributed by atoms with Crippen LogP contribution in [-0.2, 0) is 6.18 Å². The van der Waals surface area contributed by atoms with Crippen molar-refractivity contribution in [1.82, 2.24) is 9.97 Å². The van der Waals surface area contributed by atoms with Crippen LogP contribution < -0.4 is 10.6 Å². The predicted molar refractivity (Wildman–Crippen MR) is 76.2 cm³/mol. The molecule has 4 nitrogen and oxygen atoms in total. The molecule has 1 aliphatic carbocycles. The molecule has 118 valence electrons. The van der Waals surface area contributed by atoms with Gasteiger partial charge in [-0.15, -0.1) is 0 Å². The number of alkyl halides is 3. The minimum atomic E-state index is -4.54. The molecule has 1 aliphatic rings. The molecule has 0 bridgehead atoms. The van der Waals surface area contributed by atoms with E-state index < -0.39 is 12.0 Å². The van der Waals surface area contributed by atoms with Crippen molar-refractivity contribution in [1.29, 1.82) is 0 Å². The van der Waals surface area contributed by atoms with Crippen LogP contribution in [0.4, 0.5) is 24.8 Å². The lowest BCUT2D eigenvalue weighted by atomic mass is 10.1. The summed E-state index contributed by atoms with van der Waals surface area (Å²) in [5, 5.41) is 5.88. The predicted octanol–water partition coefficient (Wildman–Crippen LogP) is 3.78. The highest BCUT2D eigenvalue weighted by Gasteiger charge is 2.45. The minimum absolute atomic E-state index is 0.205. The average molecular weight is 302 g/mol. The fraction of sp³-hybridized carbons (Fsp3) is 0.714. The molecule has 0 amide bonds. The lowest BCUT2D eigenvalue weighted by Gasteiger charge is -2.13. The molecular formula is C14H21F3N4. The molecule has 1 atom stereocenters. The first-order valence-corrected chi connectivity index (χ1v) is 7.16. The molecule has 1 saturated carbocycles. The summed E-state index contributed by atoms with van der Waals surface area (Å²) in [6, 6.07) is 1.53. The van der Waals surface area contributed by atoms with E-state index in [0.717, 1.165) is 12.8 Å². The van der Waals surface area contributed by atoms with Crippen LogP contribution in [0.5, 0.6) is 0 Å². The number of nitrogens with zero attached hydrogens (tertiary/aromatic N) is 2. The summed E-state index contributed by atoms with van der Waals surface area (Å²) >= 11 is 0. The van der Waals surface area contributed by atoms with Crippen LogP contribution in [-0.4, -0.2) is 23.1 Å². The zero-order valence-electron chi connectivity index (χ0n) is 12.5. The van der Waals surface area contributed by atoms with E-state index in [-0.39, 0.29) is 17.1 Å². The van der Waals surface area contributed by atoms with Crippen molar-refractivity contribution in [3.63, 3.8) is 0 Å². The van der Waals surface area contributed by atoms with Gasteiger partial charge >= 0.3 is 6.18 Å². The summed E-state index contributed by atoms with van der Waals surface area (Å²) < 4.78 is 38.5. The van der Waals surface area contributed by atoms with Crippen LogP contribution in [0.3, 0.4) is 0 Å². The Hall–Kier alpha value is -1.53. The fourth-order valence-electron chi connectivity index (χ4n) is 2.16. The molecule has 0 aliphatic heterocycles. The summed E-state index contributed by atoms with van der Waals surface area (Å²) in [4.78, 5) is 7.10. The molecule has 0 aromatic carbocycles. The second kappa shape index (κ2) is 5.69. The Morgan fingerprint density at radius 2 is 1.81 bits per heavy atom. The molecule has 1 aromatic rings. The van der Waals surface area contributed by atoms with Crippen molar-refractivity contribution in [2.24, 2.45) is 11.3 Å². The fourth-order valence-corrected chi connectivity index (χ4v) is 2.16. The Morgan fingerprint density at radius 1 is 1.24 bits per heavy atom. The van der Waals surface area contributed by atoms with E-state index in [1.54, 1.807) is 0 Å². The Bertz CT molecular complexity index is 499. The molecule has 0 saturated heterocycles. The molecule has 0 radical (unpaired) electrons. The van der Waals surface area contributed by atoms with Crippen LogP contribution >= 0.6 is 0 Å². The van der Waals surface area contributed by atoms with Gasteiger partial charge in [-0.1, -0.05) is 20.8 Å². The topological polar surface area (TPSA) is 49.8 Å². The van der Waals surface area contributed by atoms with Gasteiger partial charge in [0.05, 0.1) is 0 Å². The number of hydrogen-bond donors (Lipinski definition) is 2. The highest BCUT2D eigenvalue weighted by molar-refractivity contribution is 5.48. The van der Waals surface area contributed by atoms with Crippen LogP contribution in [0, 0.1) is 11.3 Å². The highest BCUT2D eigenvalue weighted by atomic mass is 19.4. The van der Waals surface area contributed by atoms with E-state index in [1.165, 1.54) is 6.07 Å². The number of aromatic nitrogens is 2. The lowest BCUT2D eigenvalue weighted by molar-refractivity contribution is -0.144. The van der Waals surface area contributed by atoms with Gasteiger partial charge in [0, 0.05) is 19.2 Å². The van der Waals surface area contributed by atoms with E-state index in [1.807, 2.05) is 6.92 Å². The molecule has 1 unspecified atom stereocenters. The first-order chi connectivity index (χ1) is 9.72. The second-order valence-electron chi connectivity index (χ2n) is 6.16. The van der Waals surface area contributed by atoms with Crippen LogP contribution in [0.15, 0.2) is 6.07 Å². The van der Waals surface area contributed by atoms with E-state index in [0.29, 0.717) is 19.0 Å². The lowest BCUT2D eigenvalue weighted by Crippen LogP contribution is -2.16. The van der Waals surface area contributed by atoms with Crippen molar-refractivity contribution in [3.8, 4) is 0 Å². The summed E-state index contributed by atoms with van der Waals surface area (Å²) in [6.07, 6.45) is -2.65. The molecule has 1 heterocycles. The molecule has 1 aromatic heterocycles. The number of rotatable bonds is 6. The number of anilines is 2. The van der Waals surface area contributed by atoms with Gasteiger partial charge in [0.15, 0.2) is 0 Å². The summed E-state index contributed by atoms with van der Waals surface area (Å²) in [5.41, 5.74) is 0.274. The number of halogens is 3. The van der Waals surface area contributed by atoms with Crippen molar-refractivity contribution in [3.05, 3.63) is 11.9 Å². The average Bonchev–Trinajstić information content (AvgIpc) is 3.00. The summed E-state index contributed by atoms with van der Waals surface area (Å²) in [5.74, 6) is -0.203. The Labute approximate surface area is 122 Å². The third kappa shape index (κ3) is 4.22. The van der Waals surface area contributed by atoms with Crippen molar-refractivity contribution < 1.29 is 13.2 Å². The van der Waals surface area contributed by atoms with Gasteiger partial charge in [-0.2, -0.15) is 13.2 Å². The van der Waals surface area contributed by atoms with Crippen LogP contribution in [0.1, 0.15) is 39.4 Å². The normalized spacial score (nSPS) is 20.2. The van der Waals surface area contributed by atoms with Gasteiger partial charge in [-0.3, -0.25) is 0 Å². The van der Waals surface area contributed by atoms with E-state index >= 15 is 0 Å². The standard InChI is InChI=1S/C14H21F3N4/c1-4-5-18-10-6-11(19-8-9-7-13(9,2)3)21-12(20-10)14(15,16)17/h6,9H,4-5,7-8H2,1-3H3,(H2,18,19,20,21). The van der Waals surface area contributed by atoms with Crippen molar-refractivity contribution in [2.45, 2.75) is 39.8 Å². The molecule has 7 heteroatoms. The van der Waals surface area contributed by atoms with Gasteiger partial charge in [0.25, 0.3) is 0 Å². The number of nitrogens with one attached hydrogen (secondary N) is 2. The maximum absolute atomic E-state index is 12.8. The SMILES string of the molecule is CCCNc1cc(NCC2CC2(C)C)nc(C(F)(F)F)n1. The zero-order valence-corrected chi connectivity index (χ0v) is 12.5. The third-order valence-corrected chi connectivity index (χ3v) is 3.78. The Morgan fingerprint density at radius 3 is 2.29 bits per heavy atom.